The normalized spacial score (nSPS) is 20.4. The number of carbonyl (C=O) groups is 2. The number of fused-ring (bicyclic) bond motifs is 1. The first-order chi connectivity index (χ1) is 12.3. The van der Waals surface area contributed by atoms with Crippen LogP contribution in [0.15, 0.2) is 0 Å². The third kappa shape index (κ3) is 4.53. The molecule has 0 aliphatic carbocycles. The van der Waals surface area contributed by atoms with Crippen molar-refractivity contribution in [2.75, 3.05) is 13.1 Å². The van der Waals surface area contributed by atoms with E-state index in [1.54, 1.807) is 4.90 Å². The molecule has 3 rings (SSSR count). The average Bonchev–Trinajstić information content (AvgIpc) is 3.13. The maximum absolute atomic E-state index is 12.5. The Hall–Kier alpha value is -2.12. The minimum Gasteiger partial charge on any atom is -0.444 e. The van der Waals surface area contributed by atoms with Crippen molar-refractivity contribution in [1.82, 2.24) is 25.0 Å². The van der Waals surface area contributed by atoms with Gasteiger partial charge in [0.2, 0.25) is 5.91 Å². The van der Waals surface area contributed by atoms with Gasteiger partial charge in [0.15, 0.2) is 5.82 Å². The Morgan fingerprint density at radius 1 is 1.19 bits per heavy atom. The van der Waals surface area contributed by atoms with Crippen molar-refractivity contribution in [2.45, 2.75) is 71.6 Å². The van der Waals surface area contributed by atoms with Gasteiger partial charge < -0.3 is 19.5 Å². The molecule has 1 aromatic heterocycles. The highest BCUT2D eigenvalue weighted by Crippen LogP contribution is 2.20. The molecule has 8 heteroatoms. The second-order valence-corrected chi connectivity index (χ2v) is 8.12. The predicted molar refractivity (Wildman–Crippen MR) is 95.3 cm³/mol. The summed E-state index contributed by atoms with van der Waals surface area (Å²) in [6, 6.07) is 0. The number of aryl methyl sites for hydroxylation is 1. The molecule has 1 aromatic rings. The number of hydrogen-bond acceptors (Lipinski definition) is 5. The minimum absolute atomic E-state index is 0.0398. The summed E-state index contributed by atoms with van der Waals surface area (Å²) in [4.78, 5) is 26.2. The van der Waals surface area contributed by atoms with Gasteiger partial charge in [0, 0.05) is 26.1 Å². The van der Waals surface area contributed by atoms with Crippen LogP contribution in [0.2, 0.25) is 0 Å². The quantitative estimate of drug-likeness (QED) is 0.886. The lowest BCUT2D eigenvalue weighted by atomic mass is 10.1. The van der Waals surface area contributed by atoms with Gasteiger partial charge in [-0.15, -0.1) is 10.2 Å². The first kappa shape index (κ1) is 18.7. The molecule has 0 spiro atoms. The molecule has 0 saturated carbocycles. The van der Waals surface area contributed by atoms with Gasteiger partial charge in [-0.05, 0) is 40.0 Å². The highest BCUT2D eigenvalue weighted by Gasteiger charge is 2.33. The highest BCUT2D eigenvalue weighted by atomic mass is 16.6. The number of rotatable bonds is 3. The zero-order valence-corrected chi connectivity index (χ0v) is 16.0. The van der Waals surface area contributed by atoms with E-state index < -0.39 is 5.60 Å². The van der Waals surface area contributed by atoms with Gasteiger partial charge in [-0.3, -0.25) is 4.79 Å². The maximum Gasteiger partial charge on any atom is 0.410 e. The van der Waals surface area contributed by atoms with Crippen LogP contribution in [0.25, 0.3) is 0 Å². The second kappa shape index (κ2) is 7.63. The van der Waals surface area contributed by atoms with Gasteiger partial charge in [0.1, 0.15) is 11.4 Å². The fourth-order valence-corrected chi connectivity index (χ4v) is 3.45. The van der Waals surface area contributed by atoms with E-state index in [9.17, 15) is 9.59 Å². The summed E-state index contributed by atoms with van der Waals surface area (Å²) >= 11 is 0. The fraction of sp³-hybridized carbons (Fsp3) is 0.778. The Labute approximate surface area is 154 Å². The van der Waals surface area contributed by atoms with Gasteiger partial charge in [-0.25, -0.2) is 4.79 Å². The molecule has 3 heterocycles. The number of aromatic nitrogens is 3. The Morgan fingerprint density at radius 3 is 2.77 bits per heavy atom. The molecule has 2 amide bonds. The molecule has 1 unspecified atom stereocenters. The largest absolute Gasteiger partial charge is 0.444 e. The van der Waals surface area contributed by atoms with Crippen LogP contribution in [-0.2, 0) is 29.0 Å². The lowest BCUT2D eigenvalue weighted by Gasteiger charge is -2.24. The third-order valence-electron chi connectivity index (χ3n) is 4.82. The summed E-state index contributed by atoms with van der Waals surface area (Å²) in [6.45, 7) is 7.77. The van der Waals surface area contributed by atoms with Crippen molar-refractivity contribution >= 4 is 12.0 Å². The molecule has 1 fully saturated rings. The van der Waals surface area contributed by atoms with Crippen molar-refractivity contribution in [3.63, 3.8) is 0 Å². The van der Waals surface area contributed by atoms with Crippen LogP contribution in [0.1, 0.15) is 58.1 Å². The standard InChI is InChI=1S/C18H29N5O3/c1-18(2,3)26-17(25)22-10-8-13(12-22)16(24)19-11-15-21-20-14-7-5-4-6-9-23(14)15/h13H,4-12H2,1-3H3,(H,19,24). The molecule has 26 heavy (non-hydrogen) atoms. The van der Waals surface area contributed by atoms with Crippen LogP contribution >= 0.6 is 0 Å². The summed E-state index contributed by atoms with van der Waals surface area (Å²) in [5, 5.41) is 11.5. The molecular weight excluding hydrogens is 334 g/mol. The van der Waals surface area contributed by atoms with Crippen LogP contribution in [0.4, 0.5) is 4.79 Å². The third-order valence-corrected chi connectivity index (χ3v) is 4.82. The van der Waals surface area contributed by atoms with E-state index in [2.05, 4.69) is 20.1 Å². The maximum atomic E-state index is 12.5. The summed E-state index contributed by atoms with van der Waals surface area (Å²) in [5.74, 6) is 1.59. The highest BCUT2D eigenvalue weighted by molar-refractivity contribution is 5.80. The average molecular weight is 363 g/mol. The lowest BCUT2D eigenvalue weighted by molar-refractivity contribution is -0.124. The Kier molecular flexibility index (Phi) is 5.48. The van der Waals surface area contributed by atoms with Crippen molar-refractivity contribution in [3.8, 4) is 0 Å². The summed E-state index contributed by atoms with van der Waals surface area (Å²) in [7, 11) is 0. The van der Waals surface area contributed by atoms with Gasteiger partial charge in [-0.2, -0.15) is 0 Å². The van der Waals surface area contributed by atoms with E-state index in [4.69, 9.17) is 4.74 Å². The topological polar surface area (TPSA) is 89.3 Å². The second-order valence-electron chi connectivity index (χ2n) is 8.12. The predicted octanol–water partition coefficient (Wildman–Crippen LogP) is 1.88. The smallest absolute Gasteiger partial charge is 0.410 e. The number of nitrogens with zero attached hydrogens (tertiary/aromatic N) is 4. The SMILES string of the molecule is CC(C)(C)OC(=O)N1CCC(C(=O)NCc2nnc3n2CCCCC3)C1. The number of ether oxygens (including phenoxy) is 1. The number of hydrogen-bond donors (Lipinski definition) is 1. The molecule has 0 radical (unpaired) electrons. The summed E-state index contributed by atoms with van der Waals surface area (Å²) in [5.41, 5.74) is -0.525. The van der Waals surface area contributed by atoms with Crippen LogP contribution in [0.5, 0.6) is 0 Å². The van der Waals surface area contributed by atoms with Crippen molar-refractivity contribution in [2.24, 2.45) is 5.92 Å². The molecule has 144 valence electrons. The zero-order valence-electron chi connectivity index (χ0n) is 16.0. The monoisotopic (exact) mass is 363 g/mol. The molecule has 1 atom stereocenters. The number of carbonyl (C=O) groups excluding carboxylic acids is 2. The van der Waals surface area contributed by atoms with Gasteiger partial charge in [-0.1, -0.05) is 6.42 Å². The van der Waals surface area contributed by atoms with Crippen LogP contribution in [0, 0.1) is 5.92 Å². The zero-order chi connectivity index (χ0) is 18.7. The van der Waals surface area contributed by atoms with E-state index in [0.29, 0.717) is 26.1 Å². The van der Waals surface area contributed by atoms with Crippen molar-refractivity contribution in [3.05, 3.63) is 11.6 Å². The minimum atomic E-state index is -0.525. The van der Waals surface area contributed by atoms with Crippen LogP contribution < -0.4 is 5.32 Å². The molecule has 1 saturated heterocycles. The lowest BCUT2D eigenvalue weighted by Crippen LogP contribution is -2.37. The van der Waals surface area contributed by atoms with Gasteiger partial charge in [0.05, 0.1) is 12.5 Å². The molecule has 0 bridgehead atoms. The van der Waals surface area contributed by atoms with E-state index in [1.807, 2.05) is 20.8 Å². The Morgan fingerprint density at radius 2 is 2.00 bits per heavy atom. The molecule has 0 aromatic carbocycles. The molecule has 2 aliphatic heterocycles. The molecular formula is C18H29N5O3. The van der Waals surface area contributed by atoms with Crippen molar-refractivity contribution < 1.29 is 14.3 Å². The van der Waals surface area contributed by atoms with E-state index in [1.165, 1.54) is 6.42 Å². The molecule has 8 nitrogen and oxygen atoms in total. The molecule has 2 aliphatic rings. The first-order valence-electron chi connectivity index (χ1n) is 9.50. The number of likely N-dealkylation sites (tertiary alicyclic amines) is 1. The number of nitrogens with one attached hydrogen (secondary N) is 1. The Bertz CT molecular complexity index is 664. The van der Waals surface area contributed by atoms with Crippen LogP contribution in [-0.4, -0.2) is 50.4 Å². The van der Waals surface area contributed by atoms with E-state index in [0.717, 1.165) is 37.5 Å². The van der Waals surface area contributed by atoms with Gasteiger partial charge in [0.25, 0.3) is 0 Å². The van der Waals surface area contributed by atoms with E-state index in [-0.39, 0.29) is 17.9 Å². The van der Waals surface area contributed by atoms with Crippen LogP contribution in [0.3, 0.4) is 0 Å². The fourth-order valence-electron chi connectivity index (χ4n) is 3.45. The summed E-state index contributed by atoms with van der Waals surface area (Å²) < 4.78 is 7.51. The van der Waals surface area contributed by atoms with E-state index >= 15 is 0 Å². The first-order valence-corrected chi connectivity index (χ1v) is 9.50. The van der Waals surface area contributed by atoms with Crippen molar-refractivity contribution in [1.29, 1.82) is 0 Å². The Balaban J connectivity index is 1.50. The summed E-state index contributed by atoms with van der Waals surface area (Å²) in [6.07, 6.45) is 4.73. The number of amides is 2. The van der Waals surface area contributed by atoms with Gasteiger partial charge >= 0.3 is 6.09 Å². The molecule has 1 N–H and O–H groups in total.